The zero-order valence-corrected chi connectivity index (χ0v) is 13.7. The van der Waals surface area contributed by atoms with Crippen LogP contribution in [0, 0.1) is 6.92 Å². The van der Waals surface area contributed by atoms with Crippen LogP contribution in [0.3, 0.4) is 0 Å². The molecule has 132 valence electrons. The van der Waals surface area contributed by atoms with Crippen LogP contribution >= 0.6 is 0 Å². The average Bonchev–Trinajstić information content (AvgIpc) is 2.99. The molecule has 0 bridgehead atoms. The van der Waals surface area contributed by atoms with Crippen molar-refractivity contribution in [2.75, 3.05) is 13.1 Å². The van der Waals surface area contributed by atoms with Crippen LogP contribution in [0.25, 0.3) is 10.9 Å². The Morgan fingerprint density at radius 2 is 2.16 bits per heavy atom. The molecule has 0 spiro atoms. The number of halogens is 1. The van der Waals surface area contributed by atoms with Crippen molar-refractivity contribution in [3.63, 3.8) is 0 Å². The minimum Gasteiger partial charge on any atom is -0.479 e. The maximum absolute atomic E-state index is 14.0. The number of aryl methyl sites for hydroxylation is 2. The lowest BCUT2D eigenvalue weighted by atomic mass is 10.1. The van der Waals surface area contributed by atoms with Crippen LogP contribution in [0.5, 0.6) is 0 Å². The lowest BCUT2D eigenvalue weighted by Gasteiger charge is -2.18. The third-order valence-corrected chi connectivity index (χ3v) is 4.58. The molecule has 25 heavy (non-hydrogen) atoms. The summed E-state index contributed by atoms with van der Waals surface area (Å²) in [5.41, 5.74) is -1.11. The molecule has 8 heteroatoms. The summed E-state index contributed by atoms with van der Waals surface area (Å²) in [5, 5.41) is 9.35. The number of fused-ring (bicyclic) bond motifs is 1. The summed E-state index contributed by atoms with van der Waals surface area (Å²) >= 11 is 0. The van der Waals surface area contributed by atoms with Crippen molar-refractivity contribution in [1.82, 2.24) is 14.5 Å². The molecule has 1 aromatic carbocycles. The molecule has 1 fully saturated rings. The van der Waals surface area contributed by atoms with Crippen LogP contribution in [0.1, 0.15) is 18.4 Å². The zero-order valence-electron chi connectivity index (χ0n) is 13.7. The van der Waals surface area contributed by atoms with Gasteiger partial charge in [0.15, 0.2) is 0 Å². The smallest absolute Gasteiger partial charge is 0.343 e. The highest BCUT2D eigenvalue weighted by molar-refractivity contribution is 5.82. The van der Waals surface area contributed by atoms with Gasteiger partial charge in [-0.1, -0.05) is 12.1 Å². The first-order valence-corrected chi connectivity index (χ1v) is 7.97. The van der Waals surface area contributed by atoms with E-state index in [0.717, 1.165) is 5.56 Å². The van der Waals surface area contributed by atoms with Gasteiger partial charge in [0.1, 0.15) is 0 Å². The molecular weight excluding hydrogens is 329 g/mol. The van der Waals surface area contributed by atoms with Crippen molar-refractivity contribution in [3.05, 3.63) is 40.4 Å². The molecule has 0 radical (unpaired) electrons. The van der Waals surface area contributed by atoms with E-state index < -0.39 is 18.2 Å². The Balaban J connectivity index is 1.71. The Morgan fingerprint density at radius 1 is 1.40 bits per heavy atom. The molecule has 1 saturated heterocycles. The molecule has 1 unspecified atom stereocenters. The number of benzene rings is 1. The number of para-hydroxylation sites is 1. The van der Waals surface area contributed by atoms with Crippen LogP contribution in [0.4, 0.5) is 4.39 Å². The van der Waals surface area contributed by atoms with Crippen molar-refractivity contribution in [3.8, 4) is 0 Å². The van der Waals surface area contributed by atoms with Crippen molar-refractivity contribution < 1.29 is 19.1 Å². The molecule has 1 atom stereocenters. The van der Waals surface area contributed by atoms with Gasteiger partial charge in [-0.25, -0.2) is 14.2 Å². The zero-order chi connectivity index (χ0) is 18.2. The van der Waals surface area contributed by atoms with Gasteiger partial charge >= 0.3 is 5.97 Å². The van der Waals surface area contributed by atoms with Crippen molar-refractivity contribution >= 4 is 22.8 Å². The van der Waals surface area contributed by atoms with Gasteiger partial charge in [-0.3, -0.25) is 14.2 Å². The lowest BCUT2D eigenvalue weighted by molar-refractivity contribution is -0.150. The third-order valence-electron chi connectivity index (χ3n) is 4.58. The van der Waals surface area contributed by atoms with E-state index in [1.807, 2.05) is 13.0 Å². The number of likely N-dealkylation sites (tertiary alicyclic amines) is 1. The van der Waals surface area contributed by atoms with E-state index in [-0.39, 0.29) is 37.4 Å². The molecule has 1 amide bonds. The third kappa shape index (κ3) is 3.11. The van der Waals surface area contributed by atoms with E-state index in [9.17, 15) is 18.8 Å². The SMILES string of the molecule is Cc1cccc2c(=O)n(CCC(=O)N3CCC(F)(C(=O)O)C3)cnc12. The molecule has 7 nitrogen and oxygen atoms in total. The number of carbonyl (C=O) groups excluding carboxylic acids is 1. The normalized spacial score (nSPS) is 20.2. The second kappa shape index (κ2) is 6.27. The second-order valence-corrected chi connectivity index (χ2v) is 6.30. The number of rotatable bonds is 4. The highest BCUT2D eigenvalue weighted by atomic mass is 19.1. The van der Waals surface area contributed by atoms with Crippen molar-refractivity contribution in [2.24, 2.45) is 0 Å². The first kappa shape index (κ1) is 17.1. The second-order valence-electron chi connectivity index (χ2n) is 6.30. The molecular formula is C17H18FN3O4. The molecule has 1 aromatic heterocycles. The lowest BCUT2D eigenvalue weighted by Crippen LogP contribution is -2.39. The van der Waals surface area contributed by atoms with Gasteiger partial charge in [-0.2, -0.15) is 0 Å². The fraction of sp³-hybridized carbons (Fsp3) is 0.412. The van der Waals surface area contributed by atoms with E-state index >= 15 is 0 Å². The number of hydrogen-bond donors (Lipinski definition) is 1. The number of carboxylic acids is 1. The first-order chi connectivity index (χ1) is 11.8. The van der Waals surface area contributed by atoms with E-state index in [1.165, 1.54) is 15.8 Å². The number of aromatic nitrogens is 2. The van der Waals surface area contributed by atoms with Gasteiger partial charge < -0.3 is 10.0 Å². The molecule has 1 N–H and O–H groups in total. The summed E-state index contributed by atoms with van der Waals surface area (Å²) in [6.07, 6.45) is 1.16. The van der Waals surface area contributed by atoms with Crippen LogP contribution in [-0.2, 0) is 16.1 Å². The minimum atomic E-state index is -2.38. The predicted molar refractivity (Wildman–Crippen MR) is 88.0 cm³/mol. The molecule has 2 aromatic rings. The molecule has 1 aliphatic rings. The number of carbonyl (C=O) groups is 2. The minimum absolute atomic E-state index is 0.0192. The Morgan fingerprint density at radius 3 is 2.84 bits per heavy atom. The molecule has 3 rings (SSSR count). The standard InChI is InChI=1S/C17H18FN3O4/c1-11-3-2-4-12-14(11)19-10-21(15(12)23)7-5-13(22)20-8-6-17(18,9-20)16(24)25/h2-4,10H,5-9H2,1H3,(H,24,25). The molecule has 2 heterocycles. The average molecular weight is 347 g/mol. The van der Waals surface area contributed by atoms with Crippen LogP contribution < -0.4 is 5.56 Å². The van der Waals surface area contributed by atoms with E-state index in [0.29, 0.717) is 10.9 Å². The Kier molecular flexibility index (Phi) is 4.28. The highest BCUT2D eigenvalue weighted by Gasteiger charge is 2.46. The number of amides is 1. The largest absolute Gasteiger partial charge is 0.479 e. The predicted octanol–water partition coefficient (Wildman–Crippen LogP) is 1.12. The van der Waals surface area contributed by atoms with Gasteiger partial charge in [0, 0.05) is 25.9 Å². The summed E-state index contributed by atoms with van der Waals surface area (Å²) in [7, 11) is 0. The van der Waals surface area contributed by atoms with Gasteiger partial charge in [-0.05, 0) is 18.6 Å². The first-order valence-electron chi connectivity index (χ1n) is 7.97. The van der Waals surface area contributed by atoms with Crippen LogP contribution in [-0.4, -0.2) is 50.2 Å². The summed E-state index contributed by atoms with van der Waals surface area (Å²) in [5.74, 6) is -1.93. The summed E-state index contributed by atoms with van der Waals surface area (Å²) in [4.78, 5) is 41.0. The fourth-order valence-corrected chi connectivity index (χ4v) is 3.03. The monoisotopic (exact) mass is 347 g/mol. The summed E-state index contributed by atoms with van der Waals surface area (Å²) < 4.78 is 15.4. The molecule has 1 aliphatic heterocycles. The number of alkyl halides is 1. The summed E-state index contributed by atoms with van der Waals surface area (Å²) in [6, 6.07) is 5.32. The van der Waals surface area contributed by atoms with E-state index in [2.05, 4.69) is 4.98 Å². The summed E-state index contributed by atoms with van der Waals surface area (Å²) in [6.45, 7) is 1.58. The van der Waals surface area contributed by atoms with E-state index in [4.69, 9.17) is 5.11 Å². The van der Waals surface area contributed by atoms with Crippen LogP contribution in [0.15, 0.2) is 29.3 Å². The van der Waals surface area contributed by atoms with Crippen molar-refractivity contribution in [2.45, 2.75) is 32.0 Å². The molecule has 0 saturated carbocycles. The van der Waals surface area contributed by atoms with Gasteiger partial charge in [-0.15, -0.1) is 0 Å². The highest BCUT2D eigenvalue weighted by Crippen LogP contribution is 2.26. The number of aliphatic carboxylic acids is 1. The number of nitrogens with zero attached hydrogens (tertiary/aromatic N) is 3. The Bertz CT molecular complexity index is 910. The van der Waals surface area contributed by atoms with Crippen LogP contribution in [0.2, 0.25) is 0 Å². The maximum Gasteiger partial charge on any atom is 0.343 e. The van der Waals surface area contributed by atoms with Gasteiger partial charge in [0.2, 0.25) is 11.6 Å². The van der Waals surface area contributed by atoms with E-state index in [1.54, 1.807) is 12.1 Å². The Labute approximate surface area is 142 Å². The topological polar surface area (TPSA) is 92.5 Å². The quantitative estimate of drug-likeness (QED) is 0.895. The number of carboxylic acid groups (broad SMARTS) is 1. The van der Waals surface area contributed by atoms with Gasteiger partial charge in [0.25, 0.3) is 5.56 Å². The molecule has 0 aliphatic carbocycles. The number of hydrogen-bond acceptors (Lipinski definition) is 4. The van der Waals surface area contributed by atoms with Crippen molar-refractivity contribution in [1.29, 1.82) is 0 Å². The van der Waals surface area contributed by atoms with Gasteiger partial charge in [0.05, 0.1) is 23.8 Å². The fourth-order valence-electron chi connectivity index (χ4n) is 3.03. The maximum atomic E-state index is 14.0. The Hall–Kier alpha value is -2.77.